The highest BCUT2D eigenvalue weighted by molar-refractivity contribution is 7.81. The van der Waals surface area contributed by atoms with Crippen molar-refractivity contribution in [3.05, 3.63) is 121 Å². The highest BCUT2D eigenvalue weighted by Gasteiger charge is 2.57. The molecule has 2 atom stereocenters. The van der Waals surface area contributed by atoms with Crippen molar-refractivity contribution in [3.8, 4) is 0 Å². The Morgan fingerprint density at radius 1 is 0.432 bits per heavy atom. The Labute approximate surface area is 257 Å². The van der Waals surface area contributed by atoms with Crippen molar-refractivity contribution >= 4 is 47.1 Å². The van der Waals surface area contributed by atoms with Crippen molar-refractivity contribution in [2.75, 3.05) is 0 Å². The number of alkyl halides is 2. The minimum atomic E-state index is -3.68. The molecule has 2 aliphatic carbocycles. The lowest BCUT2D eigenvalue weighted by Crippen LogP contribution is -2.43. The summed E-state index contributed by atoms with van der Waals surface area (Å²) in [7, 11) is -7.37. The predicted octanol–water partition coefficient (Wildman–Crippen LogP) is 7.62. The molecule has 2 saturated carbocycles. The third-order valence-electron chi connectivity index (χ3n) is 8.66. The van der Waals surface area contributed by atoms with Crippen LogP contribution >= 0.6 is 14.3 Å². The predicted molar refractivity (Wildman–Crippen MR) is 174 cm³/mol. The monoisotopic (exact) mass is 632 g/mol. The third kappa shape index (κ3) is 5.59. The fraction of sp³-hybridized carbons (Fsp3) is 0.278. The van der Waals surface area contributed by atoms with Gasteiger partial charge in [0.15, 0.2) is 25.9 Å². The zero-order valence-electron chi connectivity index (χ0n) is 24.5. The second-order valence-electron chi connectivity index (χ2n) is 11.3. The fourth-order valence-electron chi connectivity index (χ4n) is 6.29. The van der Waals surface area contributed by atoms with Gasteiger partial charge in [-0.05, 0) is 38.5 Å². The van der Waals surface area contributed by atoms with Crippen LogP contribution in [0.15, 0.2) is 121 Å². The van der Waals surface area contributed by atoms with Crippen molar-refractivity contribution < 1.29 is 27.5 Å². The summed E-state index contributed by atoms with van der Waals surface area (Å²) in [6.45, 7) is 0. The van der Waals surface area contributed by atoms with Crippen LogP contribution < -0.4 is 21.2 Å². The number of carbonyl (C=O) groups excluding carboxylic acids is 2. The SMILES string of the molecule is O=C1CCCC[C@]1(F)P(=O)(c1ccccc1)c1ccccc1.O=C1CCCC[C@]1(F)P(=O)(c1ccccc1)c1ccccc1. The molecule has 8 heteroatoms. The Kier molecular flexibility index (Phi) is 9.63. The number of Topliss-reactive ketones (excluding diaryl/α,β-unsaturated/α-hetero) is 2. The molecule has 2 fully saturated rings. The lowest BCUT2D eigenvalue weighted by atomic mass is 9.97. The molecule has 0 bridgehead atoms. The van der Waals surface area contributed by atoms with Gasteiger partial charge in [-0.25, -0.2) is 8.78 Å². The van der Waals surface area contributed by atoms with E-state index in [1.54, 1.807) is 121 Å². The van der Waals surface area contributed by atoms with E-state index in [1.807, 2.05) is 0 Å². The maximum absolute atomic E-state index is 15.8. The number of ketones is 2. The first-order valence-electron chi connectivity index (χ1n) is 15.0. The molecule has 6 rings (SSSR count). The van der Waals surface area contributed by atoms with E-state index in [4.69, 9.17) is 0 Å². The second-order valence-corrected chi connectivity index (χ2v) is 17.3. The Morgan fingerprint density at radius 2 is 0.682 bits per heavy atom. The van der Waals surface area contributed by atoms with Crippen LogP contribution in [0.3, 0.4) is 0 Å². The average molecular weight is 633 g/mol. The third-order valence-corrected chi connectivity index (χ3v) is 15.7. The van der Waals surface area contributed by atoms with Gasteiger partial charge in [0.2, 0.25) is 10.8 Å². The zero-order chi connectivity index (χ0) is 31.3. The van der Waals surface area contributed by atoms with E-state index in [1.165, 1.54) is 0 Å². The summed E-state index contributed by atoms with van der Waals surface area (Å²) in [4.78, 5) is 24.7. The minimum Gasteiger partial charge on any atom is -0.310 e. The van der Waals surface area contributed by atoms with E-state index in [0.29, 0.717) is 46.9 Å². The topological polar surface area (TPSA) is 68.3 Å². The molecular weight excluding hydrogens is 596 g/mol. The molecule has 2 aliphatic rings. The summed E-state index contributed by atoms with van der Waals surface area (Å²) in [5.41, 5.74) is 0. The van der Waals surface area contributed by atoms with Gasteiger partial charge in [0.05, 0.1) is 0 Å². The fourth-order valence-corrected chi connectivity index (χ4v) is 12.8. The molecule has 228 valence electrons. The molecule has 4 nitrogen and oxygen atoms in total. The first-order chi connectivity index (χ1) is 21.2. The van der Waals surface area contributed by atoms with Crippen LogP contribution in [0.5, 0.6) is 0 Å². The molecule has 0 heterocycles. The molecule has 4 aromatic rings. The summed E-state index contributed by atoms with van der Waals surface area (Å²) in [5, 5.41) is -2.90. The Hall–Kier alpha value is -3.46. The molecular formula is C36H36F2O4P2. The van der Waals surface area contributed by atoms with Crippen LogP contribution in [-0.2, 0) is 18.7 Å². The van der Waals surface area contributed by atoms with Crippen LogP contribution in [0.4, 0.5) is 8.78 Å². The van der Waals surface area contributed by atoms with E-state index >= 15 is 8.78 Å². The number of rotatable bonds is 6. The average Bonchev–Trinajstić information content (AvgIpc) is 3.08. The summed E-state index contributed by atoms with van der Waals surface area (Å²) in [6.07, 6.45) is 2.93. The van der Waals surface area contributed by atoms with Gasteiger partial charge in [0, 0.05) is 34.1 Å². The van der Waals surface area contributed by atoms with Crippen LogP contribution in [0, 0.1) is 0 Å². The van der Waals surface area contributed by atoms with E-state index in [0.717, 1.165) is 0 Å². The van der Waals surface area contributed by atoms with Crippen molar-refractivity contribution in [1.82, 2.24) is 0 Å². The molecule has 0 spiro atoms. The van der Waals surface area contributed by atoms with Crippen molar-refractivity contribution in [2.45, 2.75) is 62.2 Å². The number of benzene rings is 4. The van der Waals surface area contributed by atoms with Crippen molar-refractivity contribution in [3.63, 3.8) is 0 Å². The Bertz CT molecular complexity index is 1470. The van der Waals surface area contributed by atoms with Crippen molar-refractivity contribution in [1.29, 1.82) is 0 Å². The summed E-state index contributed by atoms with van der Waals surface area (Å²) >= 11 is 0. The smallest absolute Gasteiger partial charge is 0.228 e. The Balaban J connectivity index is 0.000000175. The minimum absolute atomic E-state index is 0.0346. The molecule has 0 aliphatic heterocycles. The van der Waals surface area contributed by atoms with E-state index in [9.17, 15) is 18.7 Å². The summed E-state index contributed by atoms with van der Waals surface area (Å²) in [6, 6.07) is 34.4. The van der Waals surface area contributed by atoms with Gasteiger partial charge < -0.3 is 9.13 Å². The van der Waals surface area contributed by atoms with Gasteiger partial charge in [0.25, 0.3) is 0 Å². The molecule has 0 amide bonds. The van der Waals surface area contributed by atoms with Crippen LogP contribution in [0.2, 0.25) is 0 Å². The summed E-state index contributed by atoms with van der Waals surface area (Å²) < 4.78 is 59.4. The normalized spacial score (nSPS) is 22.5. The van der Waals surface area contributed by atoms with Gasteiger partial charge in [0.1, 0.15) is 0 Å². The standard InChI is InChI=1S/2C18H18FO2P/c2*19-18(14-8-7-13-17(18)20)22(21,15-9-3-1-4-10-15)16-11-5-2-6-12-16/h2*1-6,9-12H,7-8,13-14H2/t2*18-/m00/s1. The number of halogens is 2. The number of hydrogen-bond acceptors (Lipinski definition) is 4. The molecule has 0 aromatic heterocycles. The molecule has 0 unspecified atom stereocenters. The molecule has 4 aromatic carbocycles. The molecule has 44 heavy (non-hydrogen) atoms. The summed E-state index contributed by atoms with van der Waals surface area (Å²) in [5.74, 6) is -1.04. The molecule has 0 saturated heterocycles. The van der Waals surface area contributed by atoms with E-state index < -0.39 is 36.7 Å². The lowest BCUT2D eigenvalue weighted by molar-refractivity contribution is -0.128. The van der Waals surface area contributed by atoms with Gasteiger partial charge >= 0.3 is 0 Å². The maximum atomic E-state index is 15.8. The first-order valence-corrected chi connectivity index (χ1v) is 18.5. The highest BCUT2D eigenvalue weighted by Crippen LogP contribution is 2.62. The second kappa shape index (κ2) is 13.3. The van der Waals surface area contributed by atoms with Gasteiger partial charge in [-0.15, -0.1) is 0 Å². The lowest BCUT2D eigenvalue weighted by Gasteiger charge is -2.36. The first kappa shape index (κ1) is 31.9. The van der Waals surface area contributed by atoms with Crippen LogP contribution in [-0.4, -0.2) is 22.4 Å². The quantitative estimate of drug-likeness (QED) is 0.205. The van der Waals surface area contributed by atoms with Gasteiger partial charge in [-0.3, -0.25) is 9.59 Å². The highest BCUT2D eigenvalue weighted by atomic mass is 31.2. The number of hydrogen-bond donors (Lipinski definition) is 0. The van der Waals surface area contributed by atoms with Crippen LogP contribution in [0.1, 0.15) is 51.4 Å². The van der Waals surface area contributed by atoms with E-state index in [-0.39, 0.29) is 25.7 Å². The Morgan fingerprint density at radius 3 is 0.909 bits per heavy atom. The zero-order valence-corrected chi connectivity index (χ0v) is 26.3. The van der Waals surface area contributed by atoms with Gasteiger partial charge in [-0.1, -0.05) is 121 Å². The van der Waals surface area contributed by atoms with E-state index in [2.05, 4.69) is 0 Å². The molecule has 0 N–H and O–H groups in total. The molecule has 0 radical (unpaired) electrons. The number of carbonyl (C=O) groups is 2. The van der Waals surface area contributed by atoms with Crippen LogP contribution in [0.25, 0.3) is 0 Å². The maximum Gasteiger partial charge on any atom is 0.228 e. The van der Waals surface area contributed by atoms with Gasteiger partial charge in [-0.2, -0.15) is 0 Å². The largest absolute Gasteiger partial charge is 0.310 e. The van der Waals surface area contributed by atoms with Crippen molar-refractivity contribution in [2.24, 2.45) is 0 Å².